The van der Waals surface area contributed by atoms with Gasteiger partial charge in [-0.3, -0.25) is 4.79 Å². The van der Waals surface area contributed by atoms with E-state index >= 15 is 0 Å². The summed E-state index contributed by atoms with van der Waals surface area (Å²) in [5, 5.41) is 3.51. The largest absolute Gasteiger partial charge is 0.441 e. The quantitative estimate of drug-likeness (QED) is 0.493. The first-order valence-electron chi connectivity index (χ1n) is 9.09. The number of carbonyl (C=O) groups is 1. The number of halogens is 1. The van der Waals surface area contributed by atoms with Crippen LogP contribution in [0.25, 0.3) is 22.4 Å². The van der Waals surface area contributed by atoms with Gasteiger partial charge in [0.15, 0.2) is 11.7 Å². The molecule has 0 unspecified atom stereocenters. The Balaban J connectivity index is 1.25. The normalized spacial score (nSPS) is 11.0. The zero-order chi connectivity index (χ0) is 19.3. The molecular formula is C21H19ClN4O2. The number of oxazole rings is 1. The summed E-state index contributed by atoms with van der Waals surface area (Å²) in [6.07, 6.45) is 3.02. The molecule has 2 heterocycles. The number of para-hydroxylation sites is 2. The minimum atomic E-state index is -0.0476. The third-order valence-corrected chi connectivity index (χ3v) is 4.71. The molecule has 0 radical (unpaired) electrons. The second-order valence-corrected chi connectivity index (χ2v) is 6.81. The Hall–Kier alpha value is -3.12. The summed E-state index contributed by atoms with van der Waals surface area (Å²) in [7, 11) is 0. The van der Waals surface area contributed by atoms with Crippen LogP contribution in [-0.2, 0) is 17.6 Å². The number of imidazole rings is 1. The van der Waals surface area contributed by atoms with Crippen molar-refractivity contribution in [2.45, 2.75) is 19.3 Å². The number of nitrogens with one attached hydrogen (secondary N) is 2. The molecule has 1 amide bonds. The monoisotopic (exact) mass is 394 g/mol. The van der Waals surface area contributed by atoms with Gasteiger partial charge in [0.05, 0.1) is 22.3 Å². The van der Waals surface area contributed by atoms with Crippen molar-refractivity contribution >= 4 is 28.5 Å². The van der Waals surface area contributed by atoms with Gasteiger partial charge < -0.3 is 14.7 Å². The number of carbonyl (C=O) groups excluding carboxylic acids is 1. The maximum Gasteiger partial charge on any atom is 0.220 e. The van der Waals surface area contributed by atoms with Gasteiger partial charge in [-0.25, -0.2) is 9.97 Å². The summed E-state index contributed by atoms with van der Waals surface area (Å²) in [6, 6.07) is 15.3. The Morgan fingerprint density at radius 2 is 1.93 bits per heavy atom. The second-order valence-electron chi connectivity index (χ2n) is 6.40. The number of aromatic nitrogens is 3. The average Bonchev–Trinajstić information content (AvgIpc) is 3.33. The number of benzene rings is 2. The van der Waals surface area contributed by atoms with Crippen molar-refractivity contribution in [1.82, 2.24) is 20.3 Å². The van der Waals surface area contributed by atoms with Gasteiger partial charge in [0.25, 0.3) is 0 Å². The first kappa shape index (κ1) is 18.3. The van der Waals surface area contributed by atoms with Crippen LogP contribution in [0, 0.1) is 0 Å². The first-order chi connectivity index (χ1) is 13.7. The van der Waals surface area contributed by atoms with Gasteiger partial charge in [0, 0.05) is 31.4 Å². The van der Waals surface area contributed by atoms with Crippen LogP contribution in [0.2, 0.25) is 5.02 Å². The molecule has 28 heavy (non-hydrogen) atoms. The van der Waals surface area contributed by atoms with Crippen LogP contribution < -0.4 is 5.32 Å². The van der Waals surface area contributed by atoms with Crippen LogP contribution in [0.4, 0.5) is 0 Å². The lowest BCUT2D eigenvalue weighted by Crippen LogP contribution is -2.26. The van der Waals surface area contributed by atoms with Crippen LogP contribution in [0.15, 0.2) is 59.1 Å². The van der Waals surface area contributed by atoms with E-state index < -0.39 is 0 Å². The zero-order valence-corrected chi connectivity index (χ0v) is 15.9. The smallest absolute Gasteiger partial charge is 0.220 e. The minimum Gasteiger partial charge on any atom is -0.441 e. The highest BCUT2D eigenvalue weighted by molar-refractivity contribution is 6.33. The molecule has 7 heteroatoms. The number of hydrogen-bond donors (Lipinski definition) is 2. The molecule has 0 aliphatic rings. The fourth-order valence-corrected chi connectivity index (χ4v) is 3.19. The summed E-state index contributed by atoms with van der Waals surface area (Å²) in [6.45, 7) is 0.523. The second kappa shape index (κ2) is 8.27. The first-order valence-corrected chi connectivity index (χ1v) is 9.47. The van der Waals surface area contributed by atoms with E-state index in [1.54, 1.807) is 12.3 Å². The minimum absolute atomic E-state index is 0.0476. The Morgan fingerprint density at radius 3 is 2.79 bits per heavy atom. The maximum absolute atomic E-state index is 12.1. The van der Waals surface area contributed by atoms with Crippen molar-refractivity contribution in [3.05, 3.63) is 71.5 Å². The molecule has 2 N–H and O–H groups in total. The summed E-state index contributed by atoms with van der Waals surface area (Å²) < 4.78 is 5.72. The summed E-state index contributed by atoms with van der Waals surface area (Å²) in [4.78, 5) is 24.1. The van der Waals surface area contributed by atoms with Gasteiger partial charge >= 0.3 is 0 Å². The van der Waals surface area contributed by atoms with E-state index in [4.69, 9.17) is 16.0 Å². The fourth-order valence-electron chi connectivity index (χ4n) is 2.96. The van der Waals surface area contributed by atoms with Crippen LogP contribution >= 0.6 is 11.6 Å². The highest BCUT2D eigenvalue weighted by atomic mass is 35.5. The molecule has 0 saturated carbocycles. The van der Waals surface area contributed by atoms with Gasteiger partial charge in [-0.05, 0) is 24.3 Å². The van der Waals surface area contributed by atoms with Crippen molar-refractivity contribution in [3.63, 3.8) is 0 Å². The standard InChI is InChI=1S/C21H19ClN4O2/c22-15-6-2-1-5-14(15)18-13-24-21(28-18)10-9-20(27)23-12-11-19-25-16-7-3-4-8-17(16)26-19/h1-8,13H,9-12H2,(H,23,27)(H,25,26). The molecule has 0 atom stereocenters. The van der Waals surface area contributed by atoms with Gasteiger partial charge in [0.2, 0.25) is 5.91 Å². The van der Waals surface area contributed by atoms with E-state index in [1.807, 2.05) is 42.5 Å². The number of hydrogen-bond acceptors (Lipinski definition) is 4. The van der Waals surface area contributed by atoms with Gasteiger partial charge in [-0.1, -0.05) is 35.9 Å². The van der Waals surface area contributed by atoms with E-state index in [0.29, 0.717) is 42.5 Å². The SMILES string of the molecule is O=C(CCc1ncc(-c2ccccc2Cl)o1)NCCc1nc2ccccc2[nH]1. The lowest BCUT2D eigenvalue weighted by Gasteiger charge is -2.03. The zero-order valence-electron chi connectivity index (χ0n) is 15.1. The van der Waals surface area contributed by atoms with E-state index in [0.717, 1.165) is 22.4 Å². The molecule has 0 fully saturated rings. The molecular weight excluding hydrogens is 376 g/mol. The Morgan fingerprint density at radius 1 is 1.11 bits per heavy atom. The molecule has 2 aromatic carbocycles. The molecule has 0 aliphatic heterocycles. The van der Waals surface area contributed by atoms with Gasteiger partial charge in [-0.15, -0.1) is 0 Å². The molecule has 6 nitrogen and oxygen atoms in total. The number of nitrogens with zero attached hydrogens (tertiary/aromatic N) is 2. The van der Waals surface area contributed by atoms with Crippen molar-refractivity contribution in [1.29, 1.82) is 0 Å². The van der Waals surface area contributed by atoms with Crippen LogP contribution in [-0.4, -0.2) is 27.4 Å². The van der Waals surface area contributed by atoms with E-state index in [1.165, 1.54) is 0 Å². The number of aryl methyl sites for hydroxylation is 1. The lowest BCUT2D eigenvalue weighted by molar-refractivity contribution is -0.121. The fraction of sp³-hybridized carbons (Fsp3) is 0.190. The predicted octanol–water partition coefficient (Wildman–Crippen LogP) is 4.16. The molecule has 4 aromatic rings. The molecule has 0 aliphatic carbocycles. The highest BCUT2D eigenvalue weighted by Crippen LogP contribution is 2.28. The van der Waals surface area contributed by atoms with Crippen LogP contribution in [0.5, 0.6) is 0 Å². The number of rotatable bonds is 7. The predicted molar refractivity (Wildman–Crippen MR) is 108 cm³/mol. The summed E-state index contributed by atoms with van der Waals surface area (Å²) >= 11 is 6.17. The van der Waals surface area contributed by atoms with Crippen LogP contribution in [0.3, 0.4) is 0 Å². The topological polar surface area (TPSA) is 83.8 Å². The van der Waals surface area contributed by atoms with E-state index in [9.17, 15) is 4.79 Å². The Kier molecular flexibility index (Phi) is 5.39. The summed E-state index contributed by atoms with van der Waals surface area (Å²) in [5.41, 5.74) is 2.72. The van der Waals surface area contributed by atoms with E-state index in [-0.39, 0.29) is 5.91 Å². The average molecular weight is 395 g/mol. The molecule has 2 aromatic heterocycles. The highest BCUT2D eigenvalue weighted by Gasteiger charge is 2.11. The maximum atomic E-state index is 12.1. The van der Waals surface area contributed by atoms with Crippen molar-refractivity contribution < 1.29 is 9.21 Å². The number of H-pyrrole nitrogens is 1. The van der Waals surface area contributed by atoms with Gasteiger partial charge in [-0.2, -0.15) is 0 Å². The Bertz CT molecular complexity index is 1070. The van der Waals surface area contributed by atoms with Crippen molar-refractivity contribution in [2.24, 2.45) is 0 Å². The lowest BCUT2D eigenvalue weighted by atomic mass is 10.2. The van der Waals surface area contributed by atoms with Crippen molar-refractivity contribution in [2.75, 3.05) is 6.54 Å². The molecule has 0 spiro atoms. The molecule has 4 rings (SSSR count). The molecule has 0 saturated heterocycles. The number of fused-ring (bicyclic) bond motifs is 1. The van der Waals surface area contributed by atoms with Gasteiger partial charge in [0.1, 0.15) is 5.82 Å². The number of aromatic amines is 1. The van der Waals surface area contributed by atoms with Crippen LogP contribution in [0.1, 0.15) is 18.1 Å². The Labute approximate surface area is 167 Å². The number of amides is 1. The molecule has 0 bridgehead atoms. The van der Waals surface area contributed by atoms with E-state index in [2.05, 4.69) is 20.3 Å². The third-order valence-electron chi connectivity index (χ3n) is 4.38. The molecule has 142 valence electrons. The van der Waals surface area contributed by atoms with Crippen molar-refractivity contribution in [3.8, 4) is 11.3 Å². The third kappa shape index (κ3) is 4.23. The summed E-state index contributed by atoms with van der Waals surface area (Å²) in [5.74, 6) is 1.93.